The summed E-state index contributed by atoms with van der Waals surface area (Å²) in [5.41, 5.74) is 0. The number of nitrogens with zero attached hydrogens (tertiary/aromatic N) is 1. The Kier molecular flexibility index (Phi) is 8.89. The van der Waals surface area contributed by atoms with Crippen molar-refractivity contribution in [1.29, 1.82) is 0 Å². The summed E-state index contributed by atoms with van der Waals surface area (Å²) in [6.07, 6.45) is 4.24. The van der Waals surface area contributed by atoms with Gasteiger partial charge in [0.1, 0.15) is 0 Å². The summed E-state index contributed by atoms with van der Waals surface area (Å²) >= 11 is 0. The first kappa shape index (κ1) is 15.9. The van der Waals surface area contributed by atoms with E-state index in [9.17, 15) is 14.4 Å². The highest BCUT2D eigenvalue weighted by Crippen LogP contribution is 1.91. The van der Waals surface area contributed by atoms with Gasteiger partial charge in [-0.1, -0.05) is 12.2 Å². The second-order valence-electron chi connectivity index (χ2n) is 3.47. The third-order valence-electron chi connectivity index (χ3n) is 2.05. The third kappa shape index (κ3) is 6.47. The highest BCUT2D eigenvalue weighted by molar-refractivity contribution is 6.35. The zero-order chi connectivity index (χ0) is 13.8. The molecule has 0 fully saturated rings. The Morgan fingerprint density at radius 2 is 1.72 bits per heavy atom. The quantitative estimate of drug-likeness (QED) is 0.250. The van der Waals surface area contributed by atoms with Gasteiger partial charge >= 0.3 is 11.8 Å². The van der Waals surface area contributed by atoms with Crippen LogP contribution in [0.25, 0.3) is 0 Å². The van der Waals surface area contributed by atoms with E-state index in [2.05, 4.69) is 23.8 Å². The lowest BCUT2D eigenvalue weighted by molar-refractivity contribution is -0.145. The Morgan fingerprint density at radius 1 is 1.11 bits per heavy atom. The van der Waals surface area contributed by atoms with Gasteiger partial charge in [-0.05, 0) is 6.42 Å². The van der Waals surface area contributed by atoms with Crippen LogP contribution in [0, 0.1) is 0 Å². The van der Waals surface area contributed by atoms with Crippen LogP contribution < -0.4 is 10.6 Å². The number of nitrogens with one attached hydrogen (secondary N) is 2. The number of amides is 3. The van der Waals surface area contributed by atoms with Gasteiger partial charge in [0.15, 0.2) is 0 Å². The average Bonchev–Trinajstić information content (AvgIpc) is 2.37. The van der Waals surface area contributed by atoms with E-state index in [1.807, 2.05) is 0 Å². The maximum atomic E-state index is 11.7. The maximum Gasteiger partial charge on any atom is 0.312 e. The normalized spacial score (nSPS) is 9.11. The minimum atomic E-state index is -0.662. The van der Waals surface area contributed by atoms with Gasteiger partial charge in [0.05, 0.1) is 0 Å². The summed E-state index contributed by atoms with van der Waals surface area (Å²) in [7, 11) is 0. The fraction of sp³-hybridized carbons (Fsp3) is 0.417. The van der Waals surface area contributed by atoms with Gasteiger partial charge < -0.3 is 15.5 Å². The first-order chi connectivity index (χ1) is 8.67. The molecule has 100 valence electrons. The molecule has 0 aliphatic heterocycles. The van der Waals surface area contributed by atoms with E-state index in [4.69, 9.17) is 0 Å². The molecule has 0 rings (SSSR count). The standard InChI is InChI=1S/C12H19N3O3/c1-3-8-15(9-4-2)12(18)11(17)14-7-5-6-13-10-16/h3-4,10H,1-2,5-9H2,(H,13,16)(H,14,17). The van der Waals surface area contributed by atoms with Crippen LogP contribution in [0.1, 0.15) is 6.42 Å². The fourth-order valence-corrected chi connectivity index (χ4v) is 1.22. The van der Waals surface area contributed by atoms with Crippen molar-refractivity contribution in [2.75, 3.05) is 26.2 Å². The molecule has 0 radical (unpaired) electrons. The van der Waals surface area contributed by atoms with Gasteiger partial charge in [-0.15, -0.1) is 13.2 Å². The number of carbonyl (C=O) groups excluding carboxylic acids is 3. The van der Waals surface area contributed by atoms with Crippen LogP contribution in [0.3, 0.4) is 0 Å². The average molecular weight is 253 g/mol. The molecule has 0 unspecified atom stereocenters. The van der Waals surface area contributed by atoms with E-state index in [1.165, 1.54) is 4.90 Å². The summed E-state index contributed by atoms with van der Waals surface area (Å²) in [6, 6.07) is 0. The second kappa shape index (κ2) is 10.1. The van der Waals surface area contributed by atoms with E-state index in [0.717, 1.165) is 0 Å². The molecule has 0 aliphatic carbocycles. The molecule has 18 heavy (non-hydrogen) atoms. The highest BCUT2D eigenvalue weighted by Gasteiger charge is 2.18. The van der Waals surface area contributed by atoms with Crippen LogP contribution >= 0.6 is 0 Å². The van der Waals surface area contributed by atoms with Crippen molar-refractivity contribution in [2.24, 2.45) is 0 Å². The van der Waals surface area contributed by atoms with Crippen molar-refractivity contribution in [3.05, 3.63) is 25.3 Å². The molecule has 6 heteroatoms. The lowest BCUT2D eigenvalue weighted by Gasteiger charge is -2.18. The maximum absolute atomic E-state index is 11.7. The van der Waals surface area contributed by atoms with Gasteiger partial charge in [-0.25, -0.2) is 0 Å². The Labute approximate surface area is 107 Å². The smallest absolute Gasteiger partial charge is 0.312 e. The van der Waals surface area contributed by atoms with Crippen molar-refractivity contribution in [3.63, 3.8) is 0 Å². The molecule has 0 spiro atoms. The second-order valence-corrected chi connectivity index (χ2v) is 3.47. The number of carbonyl (C=O) groups is 3. The van der Waals surface area contributed by atoms with Crippen molar-refractivity contribution >= 4 is 18.2 Å². The molecular formula is C12H19N3O3. The molecule has 0 heterocycles. The Morgan fingerprint density at radius 3 is 2.22 bits per heavy atom. The van der Waals surface area contributed by atoms with Crippen LogP contribution in [0.2, 0.25) is 0 Å². The van der Waals surface area contributed by atoms with Crippen molar-refractivity contribution in [1.82, 2.24) is 15.5 Å². The van der Waals surface area contributed by atoms with Crippen LogP contribution in [0.15, 0.2) is 25.3 Å². The first-order valence-corrected chi connectivity index (χ1v) is 5.63. The van der Waals surface area contributed by atoms with Gasteiger partial charge in [-0.2, -0.15) is 0 Å². The predicted octanol–water partition coefficient (Wildman–Crippen LogP) is -0.561. The molecule has 0 aromatic rings. The Bertz CT molecular complexity index is 306. The lowest BCUT2D eigenvalue weighted by atomic mass is 10.3. The first-order valence-electron chi connectivity index (χ1n) is 5.63. The Hall–Kier alpha value is -2.11. The minimum absolute atomic E-state index is 0.297. The topological polar surface area (TPSA) is 78.5 Å². The van der Waals surface area contributed by atoms with E-state index >= 15 is 0 Å². The van der Waals surface area contributed by atoms with Crippen LogP contribution in [-0.2, 0) is 14.4 Å². The monoisotopic (exact) mass is 253 g/mol. The van der Waals surface area contributed by atoms with Crippen LogP contribution in [0.5, 0.6) is 0 Å². The largest absolute Gasteiger partial charge is 0.359 e. The van der Waals surface area contributed by atoms with E-state index in [0.29, 0.717) is 39.0 Å². The number of rotatable bonds is 9. The summed E-state index contributed by atoms with van der Waals surface area (Å²) in [5, 5.41) is 4.94. The lowest BCUT2D eigenvalue weighted by Crippen LogP contribution is -2.43. The Balaban J connectivity index is 4.05. The van der Waals surface area contributed by atoms with Crippen LogP contribution in [0.4, 0.5) is 0 Å². The highest BCUT2D eigenvalue weighted by atomic mass is 16.2. The molecule has 3 amide bonds. The molecule has 0 atom stereocenters. The third-order valence-corrected chi connectivity index (χ3v) is 2.05. The van der Waals surface area contributed by atoms with Crippen molar-refractivity contribution < 1.29 is 14.4 Å². The number of hydrogen-bond donors (Lipinski definition) is 2. The van der Waals surface area contributed by atoms with Crippen LogP contribution in [-0.4, -0.2) is 49.3 Å². The molecule has 6 nitrogen and oxygen atoms in total. The molecule has 0 bridgehead atoms. The zero-order valence-electron chi connectivity index (χ0n) is 10.4. The molecule has 2 N–H and O–H groups in total. The summed E-state index contributed by atoms with van der Waals surface area (Å²) in [5.74, 6) is -1.28. The molecule has 0 aromatic heterocycles. The molecule has 0 aliphatic rings. The fourth-order valence-electron chi connectivity index (χ4n) is 1.22. The molecule has 0 saturated carbocycles. The van der Waals surface area contributed by atoms with Gasteiger partial charge in [0.25, 0.3) is 0 Å². The van der Waals surface area contributed by atoms with Gasteiger partial charge in [0, 0.05) is 26.2 Å². The van der Waals surface area contributed by atoms with E-state index in [-0.39, 0.29) is 0 Å². The number of hydrogen-bond acceptors (Lipinski definition) is 3. The summed E-state index contributed by atoms with van der Waals surface area (Å²) in [6.45, 7) is 8.43. The van der Waals surface area contributed by atoms with Gasteiger partial charge in [0.2, 0.25) is 6.41 Å². The van der Waals surface area contributed by atoms with Crippen molar-refractivity contribution in [2.45, 2.75) is 6.42 Å². The predicted molar refractivity (Wildman–Crippen MR) is 68.7 cm³/mol. The minimum Gasteiger partial charge on any atom is -0.359 e. The van der Waals surface area contributed by atoms with Gasteiger partial charge in [-0.3, -0.25) is 14.4 Å². The summed E-state index contributed by atoms with van der Waals surface area (Å²) in [4.78, 5) is 34.5. The summed E-state index contributed by atoms with van der Waals surface area (Å²) < 4.78 is 0. The SMILES string of the molecule is C=CCN(CC=C)C(=O)C(=O)NCCCNC=O. The van der Waals surface area contributed by atoms with E-state index in [1.54, 1.807) is 12.2 Å². The molecular weight excluding hydrogens is 234 g/mol. The zero-order valence-corrected chi connectivity index (χ0v) is 10.4. The van der Waals surface area contributed by atoms with Crippen molar-refractivity contribution in [3.8, 4) is 0 Å². The van der Waals surface area contributed by atoms with E-state index < -0.39 is 11.8 Å². The molecule has 0 saturated heterocycles. The molecule has 0 aromatic carbocycles.